The van der Waals surface area contributed by atoms with Crippen molar-refractivity contribution < 1.29 is 9.53 Å². The topological polar surface area (TPSA) is 41.6 Å². The Morgan fingerprint density at radius 3 is 2.45 bits per heavy atom. The Kier molecular flexibility index (Phi) is 6.82. The fourth-order valence-corrected chi connectivity index (χ4v) is 2.29. The van der Waals surface area contributed by atoms with Crippen molar-refractivity contribution in [2.24, 2.45) is 0 Å². The van der Waals surface area contributed by atoms with E-state index in [1.54, 1.807) is 0 Å². The Bertz CT molecular complexity index is 414. The zero-order chi connectivity index (χ0) is 13.7. The van der Waals surface area contributed by atoms with E-state index < -0.39 is 0 Å². The molecule has 1 aliphatic rings. The minimum absolute atomic E-state index is 0. The van der Waals surface area contributed by atoms with Gasteiger partial charge in [0.2, 0.25) is 0 Å². The molecule has 0 saturated carbocycles. The Balaban J connectivity index is 0.00000200. The van der Waals surface area contributed by atoms with Gasteiger partial charge in [0.25, 0.3) is 5.91 Å². The predicted molar refractivity (Wildman–Crippen MR) is 82.6 cm³/mol. The van der Waals surface area contributed by atoms with Crippen LogP contribution in [0.5, 0.6) is 5.75 Å². The van der Waals surface area contributed by atoms with E-state index in [0.717, 1.165) is 31.7 Å². The first kappa shape index (κ1) is 16.8. The van der Waals surface area contributed by atoms with Crippen LogP contribution in [0.25, 0.3) is 0 Å². The molecule has 0 spiro atoms. The van der Waals surface area contributed by atoms with Gasteiger partial charge in [-0.15, -0.1) is 12.4 Å². The molecule has 5 heteroatoms. The third kappa shape index (κ3) is 4.69. The monoisotopic (exact) mass is 298 g/mol. The van der Waals surface area contributed by atoms with Gasteiger partial charge in [-0.25, -0.2) is 0 Å². The van der Waals surface area contributed by atoms with Crippen LogP contribution in [0.4, 0.5) is 0 Å². The smallest absolute Gasteiger partial charge is 0.260 e. The molecular formula is C15H23ClN2O2. The zero-order valence-electron chi connectivity index (χ0n) is 12.1. The Hall–Kier alpha value is -1.26. The molecular weight excluding hydrogens is 276 g/mol. The van der Waals surface area contributed by atoms with Crippen LogP contribution in [0.15, 0.2) is 24.3 Å². The van der Waals surface area contributed by atoms with Crippen LogP contribution in [-0.4, -0.2) is 43.6 Å². The van der Waals surface area contributed by atoms with Gasteiger partial charge in [0.15, 0.2) is 6.61 Å². The number of benzene rings is 1. The van der Waals surface area contributed by atoms with Crippen molar-refractivity contribution in [1.29, 1.82) is 0 Å². The van der Waals surface area contributed by atoms with Gasteiger partial charge < -0.3 is 15.0 Å². The van der Waals surface area contributed by atoms with Gasteiger partial charge in [-0.05, 0) is 38.9 Å². The van der Waals surface area contributed by atoms with E-state index in [0.29, 0.717) is 6.04 Å². The number of aryl methyl sites for hydroxylation is 1. The van der Waals surface area contributed by atoms with Crippen molar-refractivity contribution in [3.05, 3.63) is 29.8 Å². The maximum absolute atomic E-state index is 12.0. The number of rotatable bonds is 4. The van der Waals surface area contributed by atoms with Gasteiger partial charge in [-0.2, -0.15) is 0 Å². The molecule has 20 heavy (non-hydrogen) atoms. The molecule has 0 unspecified atom stereocenters. The number of ether oxygens (including phenoxy) is 1. The Morgan fingerprint density at radius 2 is 1.90 bits per heavy atom. The lowest BCUT2D eigenvalue weighted by Gasteiger charge is -2.31. The zero-order valence-corrected chi connectivity index (χ0v) is 12.9. The fourth-order valence-electron chi connectivity index (χ4n) is 2.29. The Morgan fingerprint density at radius 1 is 1.30 bits per heavy atom. The summed E-state index contributed by atoms with van der Waals surface area (Å²) in [5.74, 6) is 0.833. The molecule has 112 valence electrons. The SMILES string of the molecule is CNC1CCN(C(=O)COc2ccc(C)cc2)CC1.Cl. The maximum Gasteiger partial charge on any atom is 0.260 e. The number of likely N-dealkylation sites (tertiary alicyclic amines) is 1. The van der Waals surface area contributed by atoms with Crippen LogP contribution in [-0.2, 0) is 4.79 Å². The normalized spacial score (nSPS) is 15.6. The molecule has 0 atom stereocenters. The maximum atomic E-state index is 12.0. The summed E-state index contributed by atoms with van der Waals surface area (Å²) in [7, 11) is 1.97. The molecule has 1 fully saturated rings. The molecule has 1 amide bonds. The van der Waals surface area contributed by atoms with Gasteiger partial charge >= 0.3 is 0 Å². The van der Waals surface area contributed by atoms with Crippen molar-refractivity contribution in [2.75, 3.05) is 26.7 Å². The standard InChI is InChI=1S/C15H22N2O2.ClH/c1-12-3-5-14(6-4-12)19-11-15(18)17-9-7-13(16-2)8-10-17;/h3-6,13,16H,7-11H2,1-2H3;1H. The van der Waals surface area contributed by atoms with Gasteiger partial charge in [-0.1, -0.05) is 17.7 Å². The molecule has 0 aromatic heterocycles. The number of nitrogens with one attached hydrogen (secondary N) is 1. The summed E-state index contributed by atoms with van der Waals surface area (Å²) in [6.07, 6.45) is 2.04. The van der Waals surface area contributed by atoms with E-state index in [1.165, 1.54) is 5.56 Å². The third-order valence-corrected chi connectivity index (χ3v) is 3.64. The minimum atomic E-state index is 0. The molecule has 1 aromatic rings. The quantitative estimate of drug-likeness (QED) is 0.924. The highest BCUT2D eigenvalue weighted by Gasteiger charge is 2.21. The van der Waals surface area contributed by atoms with Crippen LogP contribution in [0.3, 0.4) is 0 Å². The second kappa shape index (κ2) is 8.12. The highest BCUT2D eigenvalue weighted by atomic mass is 35.5. The van der Waals surface area contributed by atoms with E-state index in [-0.39, 0.29) is 24.9 Å². The molecule has 0 radical (unpaired) electrons. The molecule has 1 aromatic carbocycles. The summed E-state index contributed by atoms with van der Waals surface area (Å²) in [5.41, 5.74) is 1.19. The molecule has 1 saturated heterocycles. The average Bonchev–Trinajstić information content (AvgIpc) is 2.46. The molecule has 2 rings (SSSR count). The number of hydrogen-bond acceptors (Lipinski definition) is 3. The van der Waals surface area contributed by atoms with E-state index >= 15 is 0 Å². The summed E-state index contributed by atoms with van der Waals surface area (Å²) in [5, 5.41) is 3.26. The second-order valence-corrected chi connectivity index (χ2v) is 5.05. The number of carbonyl (C=O) groups is 1. The molecule has 4 nitrogen and oxygen atoms in total. The number of piperidine rings is 1. The molecule has 0 bridgehead atoms. The van der Waals surface area contributed by atoms with E-state index in [2.05, 4.69) is 5.32 Å². The summed E-state index contributed by atoms with van der Waals surface area (Å²) < 4.78 is 5.52. The van der Waals surface area contributed by atoms with Crippen molar-refractivity contribution >= 4 is 18.3 Å². The van der Waals surface area contributed by atoms with Crippen LogP contribution >= 0.6 is 12.4 Å². The van der Waals surface area contributed by atoms with Gasteiger partial charge in [-0.3, -0.25) is 4.79 Å². The second-order valence-electron chi connectivity index (χ2n) is 5.05. The molecule has 1 aliphatic heterocycles. The molecule has 0 aliphatic carbocycles. The van der Waals surface area contributed by atoms with Gasteiger partial charge in [0, 0.05) is 19.1 Å². The first-order valence-corrected chi connectivity index (χ1v) is 6.83. The lowest BCUT2D eigenvalue weighted by molar-refractivity contribution is -0.134. The predicted octanol–water partition coefficient (Wildman–Crippen LogP) is 2.01. The lowest BCUT2D eigenvalue weighted by atomic mass is 10.1. The van der Waals surface area contributed by atoms with Crippen molar-refractivity contribution in [3.63, 3.8) is 0 Å². The molecule has 1 N–H and O–H groups in total. The van der Waals surface area contributed by atoms with Crippen molar-refractivity contribution in [2.45, 2.75) is 25.8 Å². The number of hydrogen-bond donors (Lipinski definition) is 1. The largest absolute Gasteiger partial charge is 0.484 e. The first-order chi connectivity index (χ1) is 9.19. The van der Waals surface area contributed by atoms with Crippen molar-refractivity contribution in [1.82, 2.24) is 10.2 Å². The van der Waals surface area contributed by atoms with E-state index in [4.69, 9.17) is 4.74 Å². The van der Waals surface area contributed by atoms with Crippen LogP contribution in [0.2, 0.25) is 0 Å². The summed E-state index contributed by atoms with van der Waals surface area (Å²) >= 11 is 0. The van der Waals surface area contributed by atoms with Gasteiger partial charge in [0.05, 0.1) is 0 Å². The van der Waals surface area contributed by atoms with Crippen molar-refractivity contribution in [3.8, 4) is 5.75 Å². The summed E-state index contributed by atoms with van der Waals surface area (Å²) in [6, 6.07) is 8.31. The van der Waals surface area contributed by atoms with Gasteiger partial charge in [0.1, 0.15) is 5.75 Å². The number of nitrogens with zero attached hydrogens (tertiary/aromatic N) is 1. The first-order valence-electron chi connectivity index (χ1n) is 6.83. The number of amides is 1. The highest BCUT2D eigenvalue weighted by Crippen LogP contribution is 2.13. The van der Waals surface area contributed by atoms with E-state index in [9.17, 15) is 4.79 Å². The van der Waals surface area contributed by atoms with E-state index in [1.807, 2.05) is 43.1 Å². The summed E-state index contributed by atoms with van der Waals surface area (Å²) in [6.45, 7) is 3.80. The Labute approximate surface area is 126 Å². The summed E-state index contributed by atoms with van der Waals surface area (Å²) in [4.78, 5) is 13.9. The average molecular weight is 299 g/mol. The highest BCUT2D eigenvalue weighted by molar-refractivity contribution is 5.85. The van der Waals surface area contributed by atoms with Crippen LogP contribution < -0.4 is 10.1 Å². The number of carbonyl (C=O) groups excluding carboxylic acids is 1. The van der Waals surface area contributed by atoms with Crippen LogP contribution in [0.1, 0.15) is 18.4 Å². The molecule has 1 heterocycles. The minimum Gasteiger partial charge on any atom is -0.484 e. The number of halogens is 1. The lowest BCUT2D eigenvalue weighted by Crippen LogP contribution is -2.45. The third-order valence-electron chi connectivity index (χ3n) is 3.64. The fraction of sp³-hybridized carbons (Fsp3) is 0.533. The van der Waals surface area contributed by atoms with Crippen LogP contribution in [0, 0.1) is 6.92 Å².